The molecule has 5 heteroatoms. The van der Waals surface area contributed by atoms with E-state index in [9.17, 15) is 4.79 Å². The average molecular weight is 294 g/mol. The SMILES string of the molecule is CSCC[C@H](N)C(=O)N1CC(OCc2ccccc2)C1. The molecule has 110 valence electrons. The Kier molecular flexibility index (Phi) is 5.88. The molecule has 1 aromatic rings. The van der Waals surface area contributed by atoms with Gasteiger partial charge in [0.1, 0.15) is 0 Å². The van der Waals surface area contributed by atoms with Crippen molar-refractivity contribution < 1.29 is 9.53 Å². The molecule has 1 aromatic carbocycles. The number of carbonyl (C=O) groups is 1. The van der Waals surface area contributed by atoms with Gasteiger partial charge in [-0.15, -0.1) is 0 Å². The molecule has 20 heavy (non-hydrogen) atoms. The highest BCUT2D eigenvalue weighted by Gasteiger charge is 2.33. The van der Waals surface area contributed by atoms with Gasteiger partial charge in [0.2, 0.25) is 5.91 Å². The van der Waals surface area contributed by atoms with Crippen LogP contribution in [-0.2, 0) is 16.1 Å². The van der Waals surface area contributed by atoms with Gasteiger partial charge in [0.15, 0.2) is 0 Å². The Morgan fingerprint density at radius 3 is 2.80 bits per heavy atom. The van der Waals surface area contributed by atoms with E-state index >= 15 is 0 Å². The lowest BCUT2D eigenvalue weighted by atomic mass is 10.1. The quantitative estimate of drug-likeness (QED) is 0.828. The molecule has 2 rings (SSSR count). The first-order valence-corrected chi connectivity index (χ1v) is 8.29. The van der Waals surface area contributed by atoms with Crippen molar-refractivity contribution in [2.45, 2.75) is 25.2 Å². The number of likely N-dealkylation sites (tertiary alicyclic amines) is 1. The predicted molar refractivity (Wildman–Crippen MR) is 82.6 cm³/mol. The van der Waals surface area contributed by atoms with Gasteiger partial charge in [-0.25, -0.2) is 0 Å². The molecule has 0 aliphatic carbocycles. The number of nitrogens with zero attached hydrogens (tertiary/aromatic N) is 1. The molecule has 0 saturated carbocycles. The van der Waals surface area contributed by atoms with E-state index in [1.165, 1.54) is 0 Å². The van der Waals surface area contributed by atoms with Gasteiger partial charge in [0, 0.05) is 13.1 Å². The van der Waals surface area contributed by atoms with Gasteiger partial charge in [0.05, 0.1) is 18.8 Å². The van der Waals surface area contributed by atoms with Crippen molar-refractivity contribution in [1.82, 2.24) is 4.90 Å². The number of carbonyl (C=O) groups excluding carboxylic acids is 1. The molecule has 0 spiro atoms. The molecule has 0 unspecified atom stereocenters. The number of ether oxygens (including phenoxy) is 1. The van der Waals surface area contributed by atoms with Crippen LogP contribution in [0.5, 0.6) is 0 Å². The molecular formula is C15H22N2O2S. The molecule has 1 aliphatic heterocycles. The molecule has 0 bridgehead atoms. The fourth-order valence-electron chi connectivity index (χ4n) is 2.11. The average Bonchev–Trinajstić information content (AvgIpc) is 2.43. The first-order chi connectivity index (χ1) is 9.70. The van der Waals surface area contributed by atoms with Crippen molar-refractivity contribution in [1.29, 1.82) is 0 Å². The number of hydrogen-bond donors (Lipinski definition) is 1. The van der Waals surface area contributed by atoms with E-state index in [0.717, 1.165) is 17.7 Å². The Morgan fingerprint density at radius 2 is 2.15 bits per heavy atom. The van der Waals surface area contributed by atoms with Gasteiger partial charge in [-0.05, 0) is 24.0 Å². The van der Waals surface area contributed by atoms with E-state index in [1.54, 1.807) is 16.7 Å². The van der Waals surface area contributed by atoms with E-state index in [0.29, 0.717) is 19.7 Å². The molecule has 1 fully saturated rings. The van der Waals surface area contributed by atoms with Crippen molar-refractivity contribution in [3.05, 3.63) is 35.9 Å². The van der Waals surface area contributed by atoms with Gasteiger partial charge < -0.3 is 15.4 Å². The largest absolute Gasteiger partial charge is 0.370 e. The summed E-state index contributed by atoms with van der Waals surface area (Å²) in [4.78, 5) is 13.8. The lowest BCUT2D eigenvalue weighted by Gasteiger charge is -2.40. The Labute approximate surface area is 124 Å². The Hall–Kier alpha value is -1.04. The summed E-state index contributed by atoms with van der Waals surface area (Å²) in [6, 6.07) is 9.71. The van der Waals surface area contributed by atoms with Gasteiger partial charge in [-0.3, -0.25) is 4.79 Å². The topological polar surface area (TPSA) is 55.6 Å². The molecule has 2 N–H and O–H groups in total. The van der Waals surface area contributed by atoms with E-state index in [2.05, 4.69) is 0 Å². The molecule has 1 atom stereocenters. The highest BCUT2D eigenvalue weighted by molar-refractivity contribution is 7.98. The summed E-state index contributed by atoms with van der Waals surface area (Å²) in [5, 5.41) is 0. The first kappa shape index (κ1) is 15.4. The highest BCUT2D eigenvalue weighted by atomic mass is 32.2. The fraction of sp³-hybridized carbons (Fsp3) is 0.533. The zero-order valence-corrected chi connectivity index (χ0v) is 12.6. The monoisotopic (exact) mass is 294 g/mol. The van der Waals surface area contributed by atoms with Crippen LogP contribution in [0.15, 0.2) is 30.3 Å². The smallest absolute Gasteiger partial charge is 0.239 e. The Morgan fingerprint density at radius 1 is 1.45 bits per heavy atom. The summed E-state index contributed by atoms with van der Waals surface area (Å²) in [5.41, 5.74) is 7.04. The molecule has 1 saturated heterocycles. The van der Waals surface area contributed by atoms with Crippen LogP contribution in [0.1, 0.15) is 12.0 Å². The number of nitrogens with two attached hydrogens (primary N) is 1. The second-order valence-electron chi connectivity index (χ2n) is 5.05. The van der Waals surface area contributed by atoms with Crippen LogP contribution in [0.25, 0.3) is 0 Å². The van der Waals surface area contributed by atoms with Crippen LogP contribution < -0.4 is 5.73 Å². The number of hydrogen-bond acceptors (Lipinski definition) is 4. The van der Waals surface area contributed by atoms with E-state index in [-0.39, 0.29) is 18.1 Å². The van der Waals surface area contributed by atoms with Crippen molar-refractivity contribution in [2.75, 3.05) is 25.1 Å². The minimum atomic E-state index is -0.363. The van der Waals surface area contributed by atoms with Gasteiger partial charge in [-0.1, -0.05) is 30.3 Å². The maximum Gasteiger partial charge on any atom is 0.239 e. The normalized spacial score (nSPS) is 16.8. The van der Waals surface area contributed by atoms with E-state index in [1.807, 2.05) is 36.6 Å². The molecule has 0 radical (unpaired) electrons. The first-order valence-electron chi connectivity index (χ1n) is 6.89. The van der Waals surface area contributed by atoms with Crippen LogP contribution in [-0.4, -0.2) is 48.1 Å². The van der Waals surface area contributed by atoms with Crippen molar-refractivity contribution in [3.63, 3.8) is 0 Å². The number of amides is 1. The molecule has 1 heterocycles. The second kappa shape index (κ2) is 7.67. The minimum absolute atomic E-state index is 0.0543. The standard InChI is InChI=1S/C15H22N2O2S/c1-20-8-7-14(16)15(18)17-9-13(10-17)19-11-12-5-3-2-4-6-12/h2-6,13-14H,7-11,16H2,1H3/t14-/m0/s1. The van der Waals surface area contributed by atoms with E-state index in [4.69, 9.17) is 10.5 Å². The zero-order valence-electron chi connectivity index (χ0n) is 11.8. The van der Waals surface area contributed by atoms with Crippen LogP contribution in [0, 0.1) is 0 Å². The lowest BCUT2D eigenvalue weighted by molar-refractivity contribution is -0.147. The number of rotatable bonds is 7. The van der Waals surface area contributed by atoms with Crippen LogP contribution >= 0.6 is 11.8 Å². The molecular weight excluding hydrogens is 272 g/mol. The third-order valence-corrected chi connectivity index (χ3v) is 4.08. The lowest BCUT2D eigenvalue weighted by Crippen LogP contribution is -2.58. The summed E-state index contributed by atoms with van der Waals surface area (Å²) in [5.74, 6) is 0.980. The second-order valence-corrected chi connectivity index (χ2v) is 6.04. The Bertz CT molecular complexity index is 421. The third kappa shape index (κ3) is 4.23. The maximum atomic E-state index is 12.0. The van der Waals surface area contributed by atoms with Crippen molar-refractivity contribution >= 4 is 17.7 Å². The highest BCUT2D eigenvalue weighted by Crippen LogP contribution is 2.16. The van der Waals surface area contributed by atoms with Crippen molar-refractivity contribution in [2.24, 2.45) is 5.73 Å². The van der Waals surface area contributed by atoms with Gasteiger partial charge >= 0.3 is 0 Å². The molecule has 1 aliphatic rings. The van der Waals surface area contributed by atoms with Crippen LogP contribution in [0.2, 0.25) is 0 Å². The van der Waals surface area contributed by atoms with Gasteiger partial charge in [-0.2, -0.15) is 11.8 Å². The predicted octanol–water partition coefficient (Wildman–Crippen LogP) is 1.49. The summed E-state index contributed by atoms with van der Waals surface area (Å²) in [6.45, 7) is 1.93. The summed E-state index contributed by atoms with van der Waals surface area (Å²) in [7, 11) is 0. The Balaban J connectivity index is 1.65. The van der Waals surface area contributed by atoms with E-state index < -0.39 is 0 Å². The summed E-state index contributed by atoms with van der Waals surface area (Å²) >= 11 is 1.72. The number of thioether (sulfide) groups is 1. The zero-order chi connectivity index (χ0) is 14.4. The molecule has 4 nitrogen and oxygen atoms in total. The minimum Gasteiger partial charge on any atom is -0.370 e. The molecule has 0 aromatic heterocycles. The van der Waals surface area contributed by atoms with Crippen LogP contribution in [0.3, 0.4) is 0 Å². The van der Waals surface area contributed by atoms with Gasteiger partial charge in [0.25, 0.3) is 0 Å². The fourth-order valence-corrected chi connectivity index (χ4v) is 2.60. The van der Waals surface area contributed by atoms with Crippen molar-refractivity contribution in [3.8, 4) is 0 Å². The third-order valence-electron chi connectivity index (χ3n) is 3.44. The maximum absolute atomic E-state index is 12.0. The number of benzene rings is 1. The summed E-state index contributed by atoms with van der Waals surface area (Å²) in [6.07, 6.45) is 2.91. The summed E-state index contributed by atoms with van der Waals surface area (Å²) < 4.78 is 5.77. The van der Waals surface area contributed by atoms with Crippen LogP contribution in [0.4, 0.5) is 0 Å². The molecule has 1 amide bonds.